The highest BCUT2D eigenvalue weighted by atomic mass is 127. The quantitative estimate of drug-likeness (QED) is 0.346. The lowest BCUT2D eigenvalue weighted by molar-refractivity contribution is -0.136. The molecule has 5 nitrogen and oxygen atoms in total. The third-order valence-electron chi connectivity index (χ3n) is 3.06. The number of benzene rings is 2. The molecule has 0 saturated carbocycles. The van der Waals surface area contributed by atoms with Gasteiger partial charge in [-0.1, -0.05) is 29.8 Å². The summed E-state index contributed by atoms with van der Waals surface area (Å²) in [6.45, 7) is 3.83. The number of carbonyl (C=O) groups excluding carboxylic acids is 2. The van der Waals surface area contributed by atoms with E-state index in [0.717, 1.165) is 20.3 Å². The molecule has 0 aliphatic heterocycles. The van der Waals surface area contributed by atoms with Gasteiger partial charge >= 0.3 is 11.8 Å². The Kier molecular flexibility index (Phi) is 5.86. The topological polar surface area (TPSA) is 70.6 Å². The molecule has 0 heterocycles. The van der Waals surface area contributed by atoms with Crippen molar-refractivity contribution in [3.63, 3.8) is 0 Å². The standard InChI is InChI=1S/C17H16IN3O2/c1-11-6-7-15(12(2)8-11)20-16(22)17(23)21-19-10-13-4-3-5-14(18)9-13/h3-10H,1-2H3,(H,20,22)(H,21,23)/b19-10+. The average Bonchev–Trinajstić information content (AvgIpc) is 2.50. The van der Waals surface area contributed by atoms with Gasteiger partial charge in [0, 0.05) is 9.26 Å². The van der Waals surface area contributed by atoms with Crippen LogP contribution in [0.3, 0.4) is 0 Å². The molecule has 0 spiro atoms. The zero-order valence-electron chi connectivity index (χ0n) is 12.8. The molecule has 23 heavy (non-hydrogen) atoms. The van der Waals surface area contributed by atoms with Crippen LogP contribution in [-0.4, -0.2) is 18.0 Å². The number of halogens is 1. The molecule has 0 aliphatic rings. The van der Waals surface area contributed by atoms with E-state index in [4.69, 9.17) is 0 Å². The second kappa shape index (κ2) is 7.87. The van der Waals surface area contributed by atoms with Gasteiger partial charge in [-0.25, -0.2) is 5.43 Å². The molecule has 0 saturated heterocycles. The Bertz CT molecular complexity index is 772. The fourth-order valence-electron chi connectivity index (χ4n) is 1.94. The number of hydrazone groups is 1. The van der Waals surface area contributed by atoms with Crippen molar-refractivity contribution in [2.75, 3.05) is 5.32 Å². The van der Waals surface area contributed by atoms with Crippen LogP contribution in [0.5, 0.6) is 0 Å². The Balaban J connectivity index is 1.93. The van der Waals surface area contributed by atoms with E-state index in [0.29, 0.717) is 5.69 Å². The maximum atomic E-state index is 11.8. The Morgan fingerprint density at radius 3 is 2.57 bits per heavy atom. The lowest BCUT2D eigenvalue weighted by Crippen LogP contribution is -2.32. The van der Waals surface area contributed by atoms with E-state index in [1.165, 1.54) is 6.21 Å². The summed E-state index contributed by atoms with van der Waals surface area (Å²) in [6.07, 6.45) is 1.49. The Morgan fingerprint density at radius 1 is 1.09 bits per heavy atom. The minimum absolute atomic E-state index is 0.609. The molecule has 0 unspecified atom stereocenters. The van der Waals surface area contributed by atoms with E-state index < -0.39 is 11.8 Å². The van der Waals surface area contributed by atoms with Crippen LogP contribution >= 0.6 is 22.6 Å². The van der Waals surface area contributed by atoms with E-state index in [2.05, 4.69) is 38.4 Å². The molecule has 118 valence electrons. The maximum absolute atomic E-state index is 11.8. The first-order valence-corrected chi connectivity index (χ1v) is 8.01. The minimum Gasteiger partial charge on any atom is -0.317 e. The summed E-state index contributed by atoms with van der Waals surface area (Å²) in [5.41, 5.74) is 5.65. The molecular weight excluding hydrogens is 405 g/mol. The zero-order chi connectivity index (χ0) is 16.8. The van der Waals surface area contributed by atoms with Gasteiger partial charge in [0.05, 0.1) is 6.21 Å². The van der Waals surface area contributed by atoms with Gasteiger partial charge in [0.25, 0.3) is 0 Å². The highest BCUT2D eigenvalue weighted by molar-refractivity contribution is 14.1. The molecule has 0 fully saturated rings. The van der Waals surface area contributed by atoms with Gasteiger partial charge in [0.15, 0.2) is 0 Å². The first-order chi connectivity index (χ1) is 11.0. The van der Waals surface area contributed by atoms with Crippen molar-refractivity contribution >= 4 is 46.3 Å². The van der Waals surface area contributed by atoms with Gasteiger partial charge in [-0.2, -0.15) is 5.10 Å². The molecule has 0 bridgehead atoms. The van der Waals surface area contributed by atoms with Crippen LogP contribution in [0.4, 0.5) is 5.69 Å². The van der Waals surface area contributed by atoms with Gasteiger partial charge in [0.1, 0.15) is 0 Å². The molecular formula is C17H16IN3O2. The SMILES string of the molecule is Cc1ccc(NC(=O)C(=O)N/N=C/c2cccc(I)c2)c(C)c1. The maximum Gasteiger partial charge on any atom is 0.329 e. The first-order valence-electron chi connectivity index (χ1n) is 6.93. The molecule has 0 aromatic heterocycles. The van der Waals surface area contributed by atoms with Crippen LogP contribution in [0.15, 0.2) is 47.6 Å². The van der Waals surface area contributed by atoms with E-state index >= 15 is 0 Å². The monoisotopic (exact) mass is 421 g/mol. The number of hydrogen-bond acceptors (Lipinski definition) is 3. The summed E-state index contributed by atoms with van der Waals surface area (Å²) in [6, 6.07) is 13.2. The Labute approximate surface area is 148 Å². The molecule has 0 radical (unpaired) electrons. The summed E-state index contributed by atoms with van der Waals surface area (Å²) < 4.78 is 1.06. The summed E-state index contributed by atoms with van der Waals surface area (Å²) in [4.78, 5) is 23.6. The Morgan fingerprint density at radius 2 is 1.87 bits per heavy atom. The zero-order valence-corrected chi connectivity index (χ0v) is 14.9. The van der Waals surface area contributed by atoms with Gasteiger partial charge < -0.3 is 5.32 Å². The predicted octanol–water partition coefficient (Wildman–Crippen LogP) is 3.00. The first kappa shape index (κ1) is 17.1. The van der Waals surface area contributed by atoms with E-state index in [1.807, 2.05) is 50.2 Å². The molecule has 2 amide bonds. The largest absolute Gasteiger partial charge is 0.329 e. The van der Waals surface area contributed by atoms with Crippen LogP contribution in [0.1, 0.15) is 16.7 Å². The van der Waals surface area contributed by atoms with Gasteiger partial charge in [-0.3, -0.25) is 9.59 Å². The third kappa shape index (κ3) is 5.17. The fourth-order valence-corrected chi connectivity index (χ4v) is 2.50. The van der Waals surface area contributed by atoms with Crippen LogP contribution in [-0.2, 0) is 9.59 Å². The lowest BCUT2D eigenvalue weighted by Gasteiger charge is -2.08. The van der Waals surface area contributed by atoms with E-state index in [9.17, 15) is 9.59 Å². The van der Waals surface area contributed by atoms with E-state index in [1.54, 1.807) is 6.07 Å². The van der Waals surface area contributed by atoms with Crippen LogP contribution in [0.2, 0.25) is 0 Å². The number of amides is 2. The normalized spacial score (nSPS) is 10.6. The number of nitrogens with zero attached hydrogens (tertiary/aromatic N) is 1. The van der Waals surface area contributed by atoms with Gasteiger partial charge in [-0.15, -0.1) is 0 Å². The van der Waals surface area contributed by atoms with Crippen LogP contribution < -0.4 is 10.7 Å². The van der Waals surface area contributed by atoms with Crippen molar-refractivity contribution in [3.8, 4) is 0 Å². The molecule has 2 N–H and O–H groups in total. The third-order valence-corrected chi connectivity index (χ3v) is 3.74. The van der Waals surface area contributed by atoms with Crippen molar-refractivity contribution in [1.29, 1.82) is 0 Å². The van der Waals surface area contributed by atoms with Gasteiger partial charge in [-0.05, 0) is 65.8 Å². The second-order valence-electron chi connectivity index (χ2n) is 5.03. The summed E-state index contributed by atoms with van der Waals surface area (Å²) in [5, 5.41) is 6.36. The summed E-state index contributed by atoms with van der Waals surface area (Å²) in [7, 11) is 0. The van der Waals surface area contributed by atoms with Crippen LogP contribution in [0, 0.1) is 17.4 Å². The average molecular weight is 421 g/mol. The smallest absolute Gasteiger partial charge is 0.317 e. The predicted molar refractivity (Wildman–Crippen MR) is 99.4 cm³/mol. The lowest BCUT2D eigenvalue weighted by atomic mass is 10.1. The van der Waals surface area contributed by atoms with Crippen molar-refractivity contribution in [3.05, 3.63) is 62.7 Å². The molecule has 2 aromatic carbocycles. The number of hydrogen-bond donors (Lipinski definition) is 2. The fraction of sp³-hybridized carbons (Fsp3) is 0.118. The van der Waals surface area contributed by atoms with Crippen molar-refractivity contribution in [1.82, 2.24) is 5.43 Å². The van der Waals surface area contributed by atoms with Gasteiger partial charge in [0.2, 0.25) is 0 Å². The molecule has 0 aliphatic carbocycles. The van der Waals surface area contributed by atoms with Crippen molar-refractivity contribution < 1.29 is 9.59 Å². The highest BCUT2D eigenvalue weighted by Crippen LogP contribution is 2.15. The second-order valence-corrected chi connectivity index (χ2v) is 6.27. The van der Waals surface area contributed by atoms with Crippen molar-refractivity contribution in [2.45, 2.75) is 13.8 Å². The molecule has 2 aromatic rings. The number of rotatable bonds is 3. The number of nitrogens with one attached hydrogen (secondary N) is 2. The molecule has 0 atom stereocenters. The minimum atomic E-state index is -0.813. The van der Waals surface area contributed by atoms with Crippen LogP contribution in [0.25, 0.3) is 0 Å². The summed E-state index contributed by atoms with van der Waals surface area (Å²) in [5.74, 6) is -1.57. The summed E-state index contributed by atoms with van der Waals surface area (Å²) >= 11 is 2.19. The van der Waals surface area contributed by atoms with Crippen molar-refractivity contribution in [2.24, 2.45) is 5.10 Å². The number of aryl methyl sites for hydroxylation is 2. The number of anilines is 1. The molecule has 6 heteroatoms. The Hall–Kier alpha value is -2.22. The number of carbonyl (C=O) groups is 2. The van der Waals surface area contributed by atoms with E-state index in [-0.39, 0.29) is 0 Å². The molecule has 2 rings (SSSR count). The highest BCUT2D eigenvalue weighted by Gasteiger charge is 2.13.